The van der Waals surface area contributed by atoms with Crippen LogP contribution in [0, 0.1) is 13.8 Å². The van der Waals surface area contributed by atoms with Gasteiger partial charge in [0, 0.05) is 44.0 Å². The number of carbonyl (C=O) groups is 3. The number of methoxy groups -OCH3 is 1. The number of esters is 1. The summed E-state index contributed by atoms with van der Waals surface area (Å²) in [5.41, 5.74) is 5.43. The highest BCUT2D eigenvalue weighted by atomic mass is 16.6. The molecule has 0 saturated carbocycles. The van der Waals surface area contributed by atoms with Crippen molar-refractivity contribution >= 4 is 29.4 Å². The summed E-state index contributed by atoms with van der Waals surface area (Å²) in [6, 6.07) is 22.7. The molecule has 0 spiro atoms. The van der Waals surface area contributed by atoms with Gasteiger partial charge in [0.15, 0.2) is 6.10 Å². The van der Waals surface area contributed by atoms with E-state index in [1.54, 1.807) is 0 Å². The predicted octanol–water partition coefficient (Wildman–Crippen LogP) is 10.5. The molecule has 0 fully saturated rings. The zero-order valence-electron chi connectivity index (χ0n) is 33.1. The first-order valence-electron chi connectivity index (χ1n) is 19.7. The summed E-state index contributed by atoms with van der Waals surface area (Å²) >= 11 is 0. The van der Waals surface area contributed by atoms with E-state index in [1.165, 1.54) is 7.11 Å². The van der Waals surface area contributed by atoms with Crippen molar-refractivity contribution in [2.24, 2.45) is 0 Å². The second-order valence-corrected chi connectivity index (χ2v) is 14.0. The summed E-state index contributed by atoms with van der Waals surface area (Å²) in [5, 5.41) is 6.29. The molecule has 0 aliphatic rings. The molecule has 2 N–H and O–H groups in total. The minimum Gasteiger partial charge on any atom is -0.467 e. The number of ether oxygens (including phenoxy) is 2. The van der Waals surface area contributed by atoms with E-state index in [0.717, 1.165) is 92.1 Å². The topological polar surface area (TPSA) is 100 Å². The van der Waals surface area contributed by atoms with Crippen molar-refractivity contribution in [1.29, 1.82) is 0 Å². The summed E-state index contributed by atoms with van der Waals surface area (Å²) in [4.78, 5) is 44.9. The van der Waals surface area contributed by atoms with Crippen LogP contribution in [0.5, 0.6) is 0 Å². The molecule has 290 valence electrons. The number of hydrogen-bond acceptors (Lipinski definition) is 5. The zero-order chi connectivity index (χ0) is 38.4. The number of nitrogens with zero attached hydrogens (tertiary/aromatic N) is 2. The first-order valence-corrected chi connectivity index (χ1v) is 19.7. The average molecular weight is 729 g/mol. The number of rotatable bonds is 23. The molecule has 2 unspecified atom stereocenters. The maximum Gasteiger partial charge on any atom is 0.335 e. The van der Waals surface area contributed by atoms with Gasteiger partial charge < -0.3 is 29.9 Å². The number of carbonyl (C=O) groups excluding carboxylic acids is 3. The lowest BCUT2D eigenvalue weighted by Gasteiger charge is -2.36. The van der Waals surface area contributed by atoms with E-state index >= 15 is 0 Å². The smallest absolute Gasteiger partial charge is 0.335 e. The molecule has 53 heavy (non-hydrogen) atoms. The van der Waals surface area contributed by atoms with Crippen molar-refractivity contribution in [3.05, 3.63) is 95.1 Å². The molecule has 3 aromatic rings. The first kappa shape index (κ1) is 43.0. The summed E-state index contributed by atoms with van der Waals surface area (Å²) in [6.07, 6.45) is 10.1. The van der Waals surface area contributed by atoms with Gasteiger partial charge >= 0.3 is 18.0 Å². The third-order valence-corrected chi connectivity index (χ3v) is 9.55. The molecular formula is C44H64N4O5. The van der Waals surface area contributed by atoms with E-state index in [2.05, 4.69) is 24.5 Å². The fraction of sp³-hybridized carbons (Fsp3) is 0.523. The van der Waals surface area contributed by atoms with Crippen molar-refractivity contribution in [2.45, 2.75) is 117 Å². The predicted molar refractivity (Wildman–Crippen MR) is 217 cm³/mol. The minimum absolute atomic E-state index is 0.200. The largest absolute Gasteiger partial charge is 0.467 e. The number of nitrogens with one attached hydrogen (secondary N) is 2. The third-order valence-electron chi connectivity index (χ3n) is 9.55. The van der Waals surface area contributed by atoms with Crippen LogP contribution in [0.15, 0.2) is 72.8 Å². The Bertz CT molecular complexity index is 1510. The number of amides is 4. The van der Waals surface area contributed by atoms with Gasteiger partial charge in [-0.05, 0) is 69.0 Å². The number of unbranched alkanes of at least 4 members (excludes halogenated alkanes) is 8. The first-order chi connectivity index (χ1) is 25.7. The molecular weight excluding hydrogens is 665 g/mol. The molecule has 3 rings (SSSR count). The van der Waals surface area contributed by atoms with E-state index in [9.17, 15) is 14.4 Å². The number of aryl methyl sites for hydroxylation is 2. The van der Waals surface area contributed by atoms with E-state index < -0.39 is 18.1 Å². The Morgan fingerprint density at radius 3 is 1.77 bits per heavy atom. The number of urea groups is 2. The Morgan fingerprint density at radius 2 is 1.23 bits per heavy atom. The van der Waals surface area contributed by atoms with Crippen LogP contribution in [0.25, 0.3) is 0 Å². The van der Waals surface area contributed by atoms with Gasteiger partial charge in [0.1, 0.15) is 0 Å². The molecule has 2 atom stereocenters. The molecule has 0 heterocycles. The third kappa shape index (κ3) is 15.3. The maximum absolute atomic E-state index is 14.4. The van der Waals surface area contributed by atoms with Crippen LogP contribution in [0.4, 0.5) is 21.0 Å². The summed E-state index contributed by atoms with van der Waals surface area (Å²) < 4.78 is 10.8. The van der Waals surface area contributed by atoms with Gasteiger partial charge in [0.05, 0.1) is 13.2 Å². The highest BCUT2D eigenvalue weighted by Gasteiger charge is 2.30. The normalized spacial score (nSPS) is 12.1. The van der Waals surface area contributed by atoms with E-state index in [4.69, 9.17) is 9.47 Å². The molecule has 0 saturated heterocycles. The van der Waals surface area contributed by atoms with Gasteiger partial charge in [-0.2, -0.15) is 0 Å². The molecule has 0 radical (unpaired) electrons. The molecule has 9 heteroatoms. The SMILES string of the molecule is CCCCCCCN(CC(c1cccc(CC(OCC)C(=O)OC)c1)N(CCCCCCC)C(=O)Nc1ccc(C)cc1)C(=O)Nc1ccc(C)cc1. The fourth-order valence-electron chi connectivity index (χ4n) is 6.42. The van der Waals surface area contributed by atoms with Gasteiger partial charge in [0.2, 0.25) is 0 Å². The fourth-order valence-corrected chi connectivity index (χ4v) is 6.42. The van der Waals surface area contributed by atoms with Gasteiger partial charge in [-0.15, -0.1) is 0 Å². The lowest BCUT2D eigenvalue weighted by molar-refractivity contribution is -0.153. The van der Waals surface area contributed by atoms with Crippen LogP contribution in [0.2, 0.25) is 0 Å². The van der Waals surface area contributed by atoms with Gasteiger partial charge in [-0.25, -0.2) is 14.4 Å². The van der Waals surface area contributed by atoms with Crippen LogP contribution < -0.4 is 10.6 Å². The average Bonchev–Trinajstić information content (AvgIpc) is 3.16. The van der Waals surface area contributed by atoms with Crippen molar-refractivity contribution in [3.8, 4) is 0 Å². The van der Waals surface area contributed by atoms with Crippen molar-refractivity contribution < 1.29 is 23.9 Å². The number of hydrogen-bond donors (Lipinski definition) is 2. The number of anilines is 2. The molecule has 0 aliphatic heterocycles. The van der Waals surface area contributed by atoms with Crippen molar-refractivity contribution in [2.75, 3.05) is 44.0 Å². The van der Waals surface area contributed by atoms with Gasteiger partial charge in [-0.3, -0.25) is 0 Å². The van der Waals surface area contributed by atoms with Crippen LogP contribution in [0.1, 0.15) is 113 Å². The second-order valence-electron chi connectivity index (χ2n) is 14.0. The summed E-state index contributed by atoms with van der Waals surface area (Å²) in [6.45, 7) is 12.0. The van der Waals surface area contributed by atoms with Crippen LogP contribution >= 0.6 is 0 Å². The highest BCUT2D eigenvalue weighted by Crippen LogP contribution is 2.27. The Hall–Kier alpha value is -4.37. The molecule has 4 amide bonds. The zero-order valence-corrected chi connectivity index (χ0v) is 33.1. The quantitative estimate of drug-likeness (QED) is 0.0748. The van der Waals surface area contributed by atoms with E-state index in [-0.39, 0.29) is 18.6 Å². The standard InChI is InChI=1S/C44H64N4O5/c1-7-10-12-14-16-29-47(43(50)45-38-25-21-34(4)22-26-38)33-40(37-20-18-19-36(31-37)32-41(53-9-3)42(49)52-6)48(30-17-15-13-11-8-2)44(51)46-39-27-23-35(5)24-28-39/h18-28,31,40-41H,7-17,29-30,32-33H2,1-6H3,(H,45,50)(H,46,51). The summed E-state index contributed by atoms with van der Waals surface area (Å²) in [5.74, 6) is -0.429. The van der Waals surface area contributed by atoms with Crippen LogP contribution in [0.3, 0.4) is 0 Å². The van der Waals surface area contributed by atoms with Gasteiger partial charge in [-0.1, -0.05) is 125 Å². The Kier molecular flexibility index (Phi) is 19.5. The number of benzene rings is 3. The highest BCUT2D eigenvalue weighted by molar-refractivity contribution is 5.91. The molecule has 0 aromatic heterocycles. The molecule has 0 aliphatic carbocycles. The van der Waals surface area contributed by atoms with Crippen molar-refractivity contribution in [3.63, 3.8) is 0 Å². The van der Waals surface area contributed by atoms with E-state index in [1.807, 2.05) is 103 Å². The summed E-state index contributed by atoms with van der Waals surface area (Å²) in [7, 11) is 1.37. The lowest BCUT2D eigenvalue weighted by atomic mass is 9.98. The maximum atomic E-state index is 14.4. The minimum atomic E-state index is -0.752. The molecule has 0 bridgehead atoms. The monoisotopic (exact) mass is 728 g/mol. The van der Waals surface area contributed by atoms with Crippen molar-refractivity contribution in [1.82, 2.24) is 9.80 Å². The Morgan fingerprint density at radius 1 is 0.679 bits per heavy atom. The Labute approximate surface area is 318 Å². The second kappa shape index (κ2) is 24.0. The van der Waals surface area contributed by atoms with Gasteiger partial charge in [0.25, 0.3) is 0 Å². The lowest BCUT2D eigenvalue weighted by Crippen LogP contribution is -2.46. The van der Waals surface area contributed by atoms with E-state index in [0.29, 0.717) is 31.8 Å². The Balaban J connectivity index is 2.07. The molecule has 9 nitrogen and oxygen atoms in total. The molecule has 3 aromatic carbocycles. The van der Waals surface area contributed by atoms with Crippen LogP contribution in [-0.2, 0) is 20.7 Å². The van der Waals surface area contributed by atoms with Crippen LogP contribution in [-0.4, -0.2) is 67.3 Å².